The van der Waals surface area contributed by atoms with E-state index < -0.39 is 17.4 Å². The molecule has 0 aromatic heterocycles. The molecule has 4 fully saturated rings. The maximum Gasteiger partial charge on any atom is -1.00 e. The van der Waals surface area contributed by atoms with Crippen molar-refractivity contribution in [1.82, 2.24) is 0 Å². The zero-order valence-electron chi connectivity index (χ0n) is 19.6. The van der Waals surface area contributed by atoms with Gasteiger partial charge in [0, 0.05) is 0 Å². The van der Waals surface area contributed by atoms with E-state index in [0.717, 1.165) is 30.1 Å². The van der Waals surface area contributed by atoms with Crippen LogP contribution in [0.1, 0.15) is 60.8 Å². The van der Waals surface area contributed by atoms with E-state index in [-0.39, 0.29) is 24.8 Å². The molecule has 0 radical (unpaired) electrons. The fourth-order valence-electron chi connectivity index (χ4n) is 8.00. The molecule has 0 atom stereocenters. The fraction of sp³-hybridized carbons (Fsp3) is 0.433. The van der Waals surface area contributed by atoms with Crippen molar-refractivity contribution in [3.8, 4) is 11.1 Å². The van der Waals surface area contributed by atoms with Crippen molar-refractivity contribution in [2.45, 2.75) is 58.8 Å². The van der Waals surface area contributed by atoms with Gasteiger partial charge in [-0.25, -0.2) is 0 Å². The van der Waals surface area contributed by atoms with Gasteiger partial charge in [0.1, 0.15) is 0 Å². The van der Waals surface area contributed by atoms with E-state index in [9.17, 15) is 0 Å². The first-order chi connectivity index (χ1) is 15.1. The van der Waals surface area contributed by atoms with Crippen LogP contribution in [0.3, 0.4) is 0 Å². The Morgan fingerprint density at radius 3 is 2.15 bits per heavy atom. The zero-order chi connectivity index (χ0) is 20.7. The topological polar surface area (TPSA) is 0 Å². The summed E-state index contributed by atoms with van der Waals surface area (Å²) in [4.78, 5) is 0. The van der Waals surface area contributed by atoms with Crippen LogP contribution in [0.5, 0.6) is 0 Å². The second-order valence-corrected chi connectivity index (χ2v) is 15.1. The van der Waals surface area contributed by atoms with Crippen LogP contribution in [0, 0.1) is 37.5 Å². The molecule has 0 unspecified atom stereocenters. The summed E-state index contributed by atoms with van der Waals surface area (Å²) in [5.74, 6) is 4.01. The van der Waals surface area contributed by atoms with Crippen molar-refractivity contribution in [3.05, 3.63) is 74.7 Å². The first-order valence-electron chi connectivity index (χ1n) is 12.5. The number of rotatable bonds is 2. The van der Waals surface area contributed by atoms with Crippen molar-refractivity contribution in [2.75, 3.05) is 0 Å². The SMILES string of the molecule is Cc1ccc2c(c1)-c1cc(C)c[c]([Ti+2]([C]3=CC=CC3)=[C]3C4CC5CC(C4)CC3C5)c1C2.[Cl-].[Cl-]. The maximum absolute atomic E-state index is 2.64. The molecule has 6 aliphatic rings. The second-order valence-electron chi connectivity index (χ2n) is 11.1. The molecular weight excluding hydrogens is 479 g/mol. The molecule has 0 saturated heterocycles. The molecule has 0 nitrogen and oxygen atoms in total. The van der Waals surface area contributed by atoms with Crippen LogP contribution in [0.25, 0.3) is 11.1 Å². The number of allylic oxidation sites excluding steroid dienone is 4. The molecule has 2 aromatic carbocycles. The minimum absolute atomic E-state index is 0. The minimum atomic E-state index is -1.69. The molecule has 33 heavy (non-hydrogen) atoms. The van der Waals surface area contributed by atoms with Gasteiger partial charge < -0.3 is 24.8 Å². The monoisotopic (exact) mass is 510 g/mol. The van der Waals surface area contributed by atoms with E-state index in [0.29, 0.717) is 0 Å². The Kier molecular flexibility index (Phi) is 6.45. The molecule has 0 N–H and O–H groups in total. The van der Waals surface area contributed by atoms with Gasteiger partial charge in [0.2, 0.25) is 0 Å². The summed E-state index contributed by atoms with van der Waals surface area (Å²) in [6.07, 6.45) is 17.3. The predicted molar refractivity (Wildman–Crippen MR) is 128 cm³/mol. The van der Waals surface area contributed by atoms with E-state index in [1.165, 1.54) is 48.8 Å². The third-order valence-electron chi connectivity index (χ3n) is 8.99. The van der Waals surface area contributed by atoms with Crippen molar-refractivity contribution < 1.29 is 42.2 Å². The summed E-state index contributed by atoms with van der Waals surface area (Å²) < 4.78 is 5.77. The largest absolute Gasteiger partial charge is 1.00 e. The molecule has 0 amide bonds. The van der Waals surface area contributed by atoms with Gasteiger partial charge in [0.15, 0.2) is 0 Å². The molecule has 6 aliphatic carbocycles. The summed E-state index contributed by atoms with van der Waals surface area (Å²) >= 11 is -1.69. The summed E-state index contributed by atoms with van der Waals surface area (Å²) in [6, 6.07) is 12.3. The first-order valence-corrected chi connectivity index (χ1v) is 14.8. The molecule has 4 bridgehead atoms. The van der Waals surface area contributed by atoms with Crippen LogP contribution >= 0.6 is 0 Å². The summed E-state index contributed by atoms with van der Waals surface area (Å²) in [5, 5.41) is 0. The summed E-state index contributed by atoms with van der Waals surface area (Å²) in [6.45, 7) is 4.59. The van der Waals surface area contributed by atoms with Gasteiger partial charge in [-0.2, -0.15) is 0 Å². The van der Waals surface area contributed by atoms with Gasteiger partial charge in [-0.1, -0.05) is 0 Å². The molecule has 2 aromatic rings. The van der Waals surface area contributed by atoms with Crippen molar-refractivity contribution in [3.63, 3.8) is 0 Å². The van der Waals surface area contributed by atoms with Gasteiger partial charge in [-0.15, -0.1) is 0 Å². The average Bonchev–Trinajstić information content (AvgIpc) is 3.38. The Morgan fingerprint density at radius 1 is 0.788 bits per heavy atom. The molecule has 3 heteroatoms. The molecule has 0 aliphatic heterocycles. The second kappa shape index (κ2) is 8.94. The molecule has 4 saturated carbocycles. The first kappa shape index (κ1) is 23.8. The molecule has 0 spiro atoms. The third-order valence-corrected chi connectivity index (χ3v) is 14.3. The van der Waals surface area contributed by atoms with E-state index in [1.807, 2.05) is 7.75 Å². The number of benzene rings is 2. The van der Waals surface area contributed by atoms with Crippen LogP contribution in [-0.4, -0.2) is 3.81 Å². The van der Waals surface area contributed by atoms with Gasteiger partial charge >= 0.3 is 193 Å². The Labute approximate surface area is 217 Å². The Hall–Kier alpha value is -0.916. The minimum Gasteiger partial charge on any atom is -1.00 e. The fourth-order valence-corrected chi connectivity index (χ4v) is 13.9. The normalized spacial score (nSPS) is 27.3. The molecule has 8 rings (SSSR count). The third kappa shape index (κ3) is 3.81. The summed E-state index contributed by atoms with van der Waals surface area (Å²) in [5.41, 5.74) is 9.21. The predicted octanol–water partition coefficient (Wildman–Crippen LogP) is 0.598. The molecule has 170 valence electrons. The number of aryl methyl sites for hydroxylation is 2. The van der Waals surface area contributed by atoms with Gasteiger partial charge in [0.05, 0.1) is 0 Å². The van der Waals surface area contributed by atoms with Crippen LogP contribution in [0.4, 0.5) is 0 Å². The average molecular weight is 511 g/mol. The summed E-state index contributed by atoms with van der Waals surface area (Å²) in [7, 11) is 0. The number of hydrogen-bond acceptors (Lipinski definition) is 0. The van der Waals surface area contributed by atoms with E-state index in [1.54, 1.807) is 23.1 Å². The number of halogens is 2. The number of fused-ring (bicyclic) bond motifs is 3. The van der Waals surface area contributed by atoms with Gasteiger partial charge in [0.25, 0.3) is 0 Å². The van der Waals surface area contributed by atoms with Crippen LogP contribution in [-0.2, 0) is 23.8 Å². The van der Waals surface area contributed by atoms with E-state index in [2.05, 4.69) is 66.2 Å². The number of hydrogen-bond donors (Lipinski definition) is 0. The Bertz CT molecular complexity index is 1190. The van der Waals surface area contributed by atoms with E-state index >= 15 is 0 Å². The van der Waals surface area contributed by atoms with Crippen molar-refractivity contribution in [1.29, 1.82) is 0 Å². The standard InChI is InChI=1S/C15H13.C10H14.C5H5.2ClH.Ti/c1-10-3-5-12-9-13-6-4-11(2)8-15(13)14(12)7-10;1-7-2-9-4-8(1)5-10(3-7)6-9;1-2-4-5-3-1;;;/h3-5,7-8H,9H2,1-2H3;7-10H,1-5H2;1-3H,4H2;2*1H;/q;;;;;+2/p-2. The van der Waals surface area contributed by atoms with Gasteiger partial charge in [-0.3, -0.25) is 0 Å². The van der Waals surface area contributed by atoms with E-state index in [4.69, 9.17) is 0 Å². The maximum atomic E-state index is 2.64. The molecule has 0 heterocycles. The van der Waals surface area contributed by atoms with Gasteiger partial charge in [-0.05, 0) is 0 Å². The Morgan fingerprint density at radius 2 is 1.48 bits per heavy atom. The van der Waals surface area contributed by atoms with Crippen LogP contribution < -0.4 is 28.7 Å². The van der Waals surface area contributed by atoms with Crippen LogP contribution in [0.15, 0.2) is 52.4 Å². The zero-order valence-corrected chi connectivity index (χ0v) is 22.7. The smallest absolute Gasteiger partial charge is 1.00 e. The van der Waals surface area contributed by atoms with Crippen molar-refractivity contribution >= 4 is 7.68 Å². The Balaban J connectivity index is 0.00000114. The van der Waals surface area contributed by atoms with Crippen molar-refractivity contribution in [2.24, 2.45) is 23.7 Å². The molecular formula is C30H32Cl2Ti. The van der Waals surface area contributed by atoms with Crippen LogP contribution in [0.2, 0.25) is 0 Å². The quantitative estimate of drug-likeness (QED) is 0.443.